The summed E-state index contributed by atoms with van der Waals surface area (Å²) in [4.78, 5) is 18.8. The van der Waals surface area contributed by atoms with Gasteiger partial charge < -0.3 is 4.90 Å². The Labute approximate surface area is 106 Å². The van der Waals surface area contributed by atoms with Crippen LogP contribution in [0.15, 0.2) is 30.5 Å². The molecule has 1 fully saturated rings. The van der Waals surface area contributed by atoms with Gasteiger partial charge in [-0.25, -0.2) is 0 Å². The summed E-state index contributed by atoms with van der Waals surface area (Å²) in [6, 6.07) is 7.95. The van der Waals surface area contributed by atoms with Crippen molar-refractivity contribution in [3.05, 3.63) is 41.6 Å². The van der Waals surface area contributed by atoms with Gasteiger partial charge in [-0.1, -0.05) is 6.07 Å². The fraction of sp³-hybridized carbons (Fsp3) is 0.333. The lowest BCUT2D eigenvalue weighted by atomic mass is 10.0. The van der Waals surface area contributed by atoms with E-state index in [1.165, 1.54) is 0 Å². The molecular formula is C15H16N2O. The molecule has 1 aliphatic rings. The van der Waals surface area contributed by atoms with Gasteiger partial charge in [0.05, 0.1) is 11.1 Å². The standard InChI is InChI=1S/C15H16N2O/c1-11-9-12-5-4-6-16-14(12)13(10-11)15(18)17-7-2-3-8-17/h4-6,9-10H,2-3,7-8H2,1H3. The molecular weight excluding hydrogens is 224 g/mol. The maximum Gasteiger partial charge on any atom is 0.256 e. The predicted molar refractivity (Wildman–Crippen MR) is 71.6 cm³/mol. The van der Waals surface area contributed by atoms with Crippen LogP contribution in [0.4, 0.5) is 0 Å². The Morgan fingerprint density at radius 1 is 1.28 bits per heavy atom. The summed E-state index contributed by atoms with van der Waals surface area (Å²) in [5.41, 5.74) is 2.67. The minimum absolute atomic E-state index is 0.125. The number of likely N-dealkylation sites (tertiary alicyclic amines) is 1. The first-order valence-electron chi connectivity index (χ1n) is 6.40. The van der Waals surface area contributed by atoms with Crippen molar-refractivity contribution in [2.75, 3.05) is 13.1 Å². The third kappa shape index (κ3) is 1.86. The average Bonchev–Trinajstić information content (AvgIpc) is 2.90. The third-order valence-electron chi connectivity index (χ3n) is 3.47. The molecule has 2 aromatic rings. The van der Waals surface area contributed by atoms with Crippen molar-refractivity contribution in [1.82, 2.24) is 9.88 Å². The number of pyridine rings is 1. The molecule has 18 heavy (non-hydrogen) atoms. The molecule has 0 radical (unpaired) electrons. The summed E-state index contributed by atoms with van der Waals surface area (Å²) in [5, 5.41) is 1.04. The SMILES string of the molecule is Cc1cc(C(=O)N2CCCC2)c2ncccc2c1. The highest BCUT2D eigenvalue weighted by atomic mass is 16.2. The molecule has 0 spiro atoms. The summed E-state index contributed by atoms with van der Waals surface area (Å²) in [6.07, 6.45) is 3.98. The quantitative estimate of drug-likeness (QED) is 0.768. The van der Waals surface area contributed by atoms with Gasteiger partial charge in [-0.3, -0.25) is 9.78 Å². The Morgan fingerprint density at radius 3 is 2.83 bits per heavy atom. The third-order valence-corrected chi connectivity index (χ3v) is 3.47. The summed E-state index contributed by atoms with van der Waals surface area (Å²) in [6.45, 7) is 3.77. The average molecular weight is 240 g/mol. The van der Waals surface area contributed by atoms with Crippen LogP contribution in [0.1, 0.15) is 28.8 Å². The van der Waals surface area contributed by atoms with E-state index in [0.29, 0.717) is 0 Å². The molecule has 1 aromatic carbocycles. The van der Waals surface area contributed by atoms with E-state index in [9.17, 15) is 4.79 Å². The number of nitrogens with zero attached hydrogens (tertiary/aromatic N) is 2. The molecule has 0 aliphatic carbocycles. The van der Waals surface area contributed by atoms with Gasteiger partial charge in [0.2, 0.25) is 0 Å². The number of carbonyl (C=O) groups excluding carboxylic acids is 1. The first kappa shape index (κ1) is 11.2. The Kier molecular flexibility index (Phi) is 2.74. The van der Waals surface area contributed by atoms with Gasteiger partial charge in [-0.2, -0.15) is 0 Å². The Balaban J connectivity index is 2.12. The van der Waals surface area contributed by atoms with Crippen molar-refractivity contribution >= 4 is 16.8 Å². The van der Waals surface area contributed by atoms with E-state index in [0.717, 1.165) is 48.0 Å². The van der Waals surface area contributed by atoms with Crippen LogP contribution in [0, 0.1) is 6.92 Å². The number of rotatable bonds is 1. The normalized spacial score (nSPS) is 15.3. The van der Waals surface area contributed by atoms with Crippen LogP contribution >= 0.6 is 0 Å². The Hall–Kier alpha value is -1.90. The molecule has 1 amide bonds. The number of benzene rings is 1. The lowest BCUT2D eigenvalue weighted by Crippen LogP contribution is -2.28. The van der Waals surface area contributed by atoms with Crippen molar-refractivity contribution in [2.45, 2.75) is 19.8 Å². The summed E-state index contributed by atoms with van der Waals surface area (Å²) in [7, 11) is 0. The van der Waals surface area contributed by atoms with E-state index >= 15 is 0 Å². The Morgan fingerprint density at radius 2 is 2.06 bits per heavy atom. The van der Waals surface area contributed by atoms with Crippen molar-refractivity contribution < 1.29 is 4.79 Å². The van der Waals surface area contributed by atoms with Crippen molar-refractivity contribution in [3.8, 4) is 0 Å². The van der Waals surface area contributed by atoms with Gasteiger partial charge in [-0.15, -0.1) is 0 Å². The molecule has 2 heterocycles. The topological polar surface area (TPSA) is 33.2 Å². The molecule has 92 valence electrons. The smallest absolute Gasteiger partial charge is 0.256 e. The van der Waals surface area contributed by atoms with Crippen LogP contribution in [0.25, 0.3) is 10.9 Å². The van der Waals surface area contributed by atoms with E-state index in [1.54, 1.807) is 6.20 Å². The molecule has 0 bridgehead atoms. The first-order valence-corrected chi connectivity index (χ1v) is 6.40. The van der Waals surface area contributed by atoms with Crippen molar-refractivity contribution in [2.24, 2.45) is 0 Å². The molecule has 0 saturated carbocycles. The Bertz CT molecular complexity index is 600. The van der Waals surface area contributed by atoms with Gasteiger partial charge in [0.1, 0.15) is 0 Å². The molecule has 0 N–H and O–H groups in total. The van der Waals surface area contributed by atoms with Gasteiger partial charge in [0, 0.05) is 24.7 Å². The number of carbonyl (C=O) groups is 1. The van der Waals surface area contributed by atoms with Crippen molar-refractivity contribution in [1.29, 1.82) is 0 Å². The van der Waals surface area contributed by atoms with E-state index in [-0.39, 0.29) is 5.91 Å². The second kappa shape index (κ2) is 4.41. The second-order valence-corrected chi connectivity index (χ2v) is 4.89. The predicted octanol–water partition coefficient (Wildman–Crippen LogP) is 2.78. The van der Waals surface area contributed by atoms with Gasteiger partial charge in [-0.05, 0) is 43.5 Å². The minimum Gasteiger partial charge on any atom is -0.339 e. The molecule has 1 aromatic heterocycles. The molecule has 1 saturated heterocycles. The van der Waals surface area contributed by atoms with E-state index in [1.807, 2.05) is 30.0 Å². The van der Waals surface area contributed by atoms with Gasteiger partial charge >= 0.3 is 0 Å². The number of hydrogen-bond donors (Lipinski definition) is 0. The largest absolute Gasteiger partial charge is 0.339 e. The maximum atomic E-state index is 12.5. The zero-order valence-corrected chi connectivity index (χ0v) is 10.5. The van der Waals surface area contributed by atoms with E-state index < -0.39 is 0 Å². The maximum absolute atomic E-state index is 12.5. The number of amides is 1. The van der Waals surface area contributed by atoms with Crippen LogP contribution in [-0.4, -0.2) is 28.9 Å². The minimum atomic E-state index is 0.125. The van der Waals surface area contributed by atoms with Crippen LogP contribution < -0.4 is 0 Å². The monoisotopic (exact) mass is 240 g/mol. The lowest BCUT2D eigenvalue weighted by Gasteiger charge is -2.16. The molecule has 3 heteroatoms. The molecule has 0 unspecified atom stereocenters. The van der Waals surface area contributed by atoms with Gasteiger partial charge in [0.25, 0.3) is 5.91 Å². The molecule has 0 atom stereocenters. The number of hydrogen-bond acceptors (Lipinski definition) is 2. The van der Waals surface area contributed by atoms with E-state index in [4.69, 9.17) is 0 Å². The summed E-state index contributed by atoms with van der Waals surface area (Å²) < 4.78 is 0. The van der Waals surface area contributed by atoms with Gasteiger partial charge in [0.15, 0.2) is 0 Å². The second-order valence-electron chi connectivity index (χ2n) is 4.89. The molecule has 3 nitrogen and oxygen atoms in total. The number of aryl methyl sites for hydroxylation is 1. The van der Waals surface area contributed by atoms with Crippen molar-refractivity contribution in [3.63, 3.8) is 0 Å². The first-order chi connectivity index (χ1) is 8.75. The highest BCUT2D eigenvalue weighted by Gasteiger charge is 2.21. The van der Waals surface area contributed by atoms with Crippen LogP contribution in [0.5, 0.6) is 0 Å². The summed E-state index contributed by atoms with van der Waals surface area (Å²) >= 11 is 0. The van der Waals surface area contributed by atoms with E-state index in [2.05, 4.69) is 11.1 Å². The number of fused-ring (bicyclic) bond motifs is 1. The molecule has 3 rings (SSSR count). The zero-order valence-electron chi connectivity index (χ0n) is 10.5. The fourth-order valence-electron chi connectivity index (χ4n) is 2.60. The lowest BCUT2D eigenvalue weighted by molar-refractivity contribution is 0.0794. The summed E-state index contributed by atoms with van der Waals surface area (Å²) in [5.74, 6) is 0.125. The highest BCUT2D eigenvalue weighted by Crippen LogP contribution is 2.22. The zero-order chi connectivity index (χ0) is 12.5. The van der Waals surface area contributed by atoms with Crippen LogP contribution in [0.3, 0.4) is 0 Å². The number of aromatic nitrogens is 1. The fourth-order valence-corrected chi connectivity index (χ4v) is 2.60. The highest BCUT2D eigenvalue weighted by molar-refractivity contribution is 6.05. The van der Waals surface area contributed by atoms with Crippen LogP contribution in [-0.2, 0) is 0 Å². The molecule has 1 aliphatic heterocycles. The van der Waals surface area contributed by atoms with Crippen LogP contribution in [0.2, 0.25) is 0 Å².